The fourth-order valence-electron chi connectivity index (χ4n) is 1.49. The molecule has 0 saturated heterocycles. The van der Waals surface area contributed by atoms with Gasteiger partial charge < -0.3 is 4.74 Å². The van der Waals surface area contributed by atoms with Gasteiger partial charge in [0.25, 0.3) is 0 Å². The second kappa shape index (κ2) is 7.16. The molecule has 100 valence electrons. The van der Waals surface area contributed by atoms with Gasteiger partial charge in [-0.05, 0) is 18.4 Å². The zero-order valence-electron chi connectivity index (χ0n) is 9.87. The third-order valence-electron chi connectivity index (χ3n) is 2.29. The van der Waals surface area contributed by atoms with Crippen LogP contribution in [-0.4, -0.2) is 25.2 Å². The van der Waals surface area contributed by atoms with Gasteiger partial charge in [0.2, 0.25) is 0 Å². The largest absolute Gasteiger partial charge is 0.411 e. The number of hydrogen-bond donors (Lipinski definition) is 0. The molecular formula is C13H15F3O2. The number of ether oxygens (including phenoxy) is 1. The lowest BCUT2D eigenvalue weighted by Crippen LogP contribution is -2.20. The Morgan fingerprint density at radius 3 is 2.44 bits per heavy atom. The number of Topliss-reactive ketones (excluding diaryl/α,β-unsaturated/α-hetero) is 1. The van der Waals surface area contributed by atoms with Crippen molar-refractivity contribution < 1.29 is 22.7 Å². The number of hydrogen-bond acceptors (Lipinski definition) is 2. The third kappa shape index (κ3) is 7.06. The molecule has 1 rings (SSSR count). The van der Waals surface area contributed by atoms with E-state index in [1.807, 2.05) is 30.3 Å². The van der Waals surface area contributed by atoms with Crippen LogP contribution in [0.25, 0.3) is 0 Å². The third-order valence-corrected chi connectivity index (χ3v) is 2.29. The Labute approximate surface area is 104 Å². The summed E-state index contributed by atoms with van der Waals surface area (Å²) in [6, 6.07) is 9.61. The Hall–Kier alpha value is -1.36. The van der Waals surface area contributed by atoms with E-state index in [-0.39, 0.29) is 12.2 Å². The van der Waals surface area contributed by atoms with Crippen molar-refractivity contribution in [3.63, 3.8) is 0 Å². The summed E-state index contributed by atoms with van der Waals surface area (Å²) in [7, 11) is 0. The first-order chi connectivity index (χ1) is 8.47. The Balaban J connectivity index is 2.11. The van der Waals surface area contributed by atoms with E-state index in [0.717, 1.165) is 12.0 Å². The summed E-state index contributed by atoms with van der Waals surface area (Å²) < 4.78 is 39.5. The number of aryl methyl sites for hydroxylation is 1. The Morgan fingerprint density at radius 2 is 1.83 bits per heavy atom. The molecule has 0 aliphatic rings. The second-order valence-electron chi connectivity index (χ2n) is 3.99. The number of alkyl halides is 3. The molecule has 0 bridgehead atoms. The second-order valence-corrected chi connectivity index (χ2v) is 3.99. The van der Waals surface area contributed by atoms with Crippen LogP contribution in [0.3, 0.4) is 0 Å². The van der Waals surface area contributed by atoms with Crippen LogP contribution in [0.1, 0.15) is 18.4 Å². The molecule has 0 saturated carbocycles. The summed E-state index contributed by atoms with van der Waals surface area (Å²) in [6.45, 7) is -1.83. The number of carbonyl (C=O) groups is 1. The van der Waals surface area contributed by atoms with Crippen LogP contribution in [0.2, 0.25) is 0 Å². The van der Waals surface area contributed by atoms with Crippen LogP contribution in [0, 0.1) is 0 Å². The quantitative estimate of drug-likeness (QED) is 0.752. The molecule has 2 nitrogen and oxygen atoms in total. The molecule has 0 radical (unpaired) electrons. The smallest absolute Gasteiger partial charge is 0.364 e. The van der Waals surface area contributed by atoms with Crippen molar-refractivity contribution >= 4 is 5.78 Å². The number of benzene rings is 1. The first kappa shape index (κ1) is 14.7. The highest BCUT2D eigenvalue weighted by Gasteiger charge is 2.27. The van der Waals surface area contributed by atoms with Crippen LogP contribution >= 0.6 is 0 Å². The van der Waals surface area contributed by atoms with Gasteiger partial charge in [0.1, 0.15) is 13.2 Å². The van der Waals surface area contributed by atoms with Crippen molar-refractivity contribution in [1.29, 1.82) is 0 Å². The van der Waals surface area contributed by atoms with Crippen molar-refractivity contribution in [3.05, 3.63) is 35.9 Å². The molecule has 1 aromatic carbocycles. The average molecular weight is 260 g/mol. The summed E-state index contributed by atoms with van der Waals surface area (Å²) in [5, 5.41) is 0. The van der Waals surface area contributed by atoms with Gasteiger partial charge in [-0.25, -0.2) is 0 Å². The lowest BCUT2D eigenvalue weighted by atomic mass is 10.1. The first-order valence-electron chi connectivity index (χ1n) is 5.67. The van der Waals surface area contributed by atoms with E-state index in [9.17, 15) is 18.0 Å². The topological polar surface area (TPSA) is 26.3 Å². The number of rotatable bonds is 7. The minimum atomic E-state index is -4.37. The highest BCUT2D eigenvalue weighted by Crippen LogP contribution is 2.14. The zero-order valence-corrected chi connectivity index (χ0v) is 9.87. The molecule has 0 N–H and O–H groups in total. The summed E-state index contributed by atoms with van der Waals surface area (Å²) in [6.07, 6.45) is -2.76. The lowest BCUT2D eigenvalue weighted by Gasteiger charge is -2.06. The van der Waals surface area contributed by atoms with Crippen molar-refractivity contribution in [2.24, 2.45) is 0 Å². The molecule has 0 spiro atoms. The fourth-order valence-corrected chi connectivity index (χ4v) is 1.49. The zero-order chi connectivity index (χ0) is 13.4. The normalized spacial score (nSPS) is 11.5. The van der Waals surface area contributed by atoms with Gasteiger partial charge in [-0.3, -0.25) is 4.79 Å². The van der Waals surface area contributed by atoms with Crippen molar-refractivity contribution in [3.8, 4) is 0 Å². The van der Waals surface area contributed by atoms with Gasteiger partial charge in [-0.2, -0.15) is 13.2 Å². The van der Waals surface area contributed by atoms with E-state index < -0.39 is 19.4 Å². The van der Waals surface area contributed by atoms with Gasteiger partial charge in [-0.15, -0.1) is 0 Å². The molecule has 5 heteroatoms. The van der Waals surface area contributed by atoms with Gasteiger partial charge in [0.05, 0.1) is 0 Å². The van der Waals surface area contributed by atoms with E-state index in [1.165, 1.54) is 0 Å². The molecule has 0 fully saturated rings. The number of ketones is 1. The summed E-state index contributed by atoms with van der Waals surface area (Å²) in [5.74, 6) is -0.296. The maximum atomic E-state index is 11.7. The van der Waals surface area contributed by atoms with E-state index >= 15 is 0 Å². The van der Waals surface area contributed by atoms with Crippen LogP contribution in [0.4, 0.5) is 13.2 Å². The van der Waals surface area contributed by atoms with Crippen LogP contribution < -0.4 is 0 Å². The lowest BCUT2D eigenvalue weighted by molar-refractivity contribution is -0.175. The Kier molecular flexibility index (Phi) is 5.85. The predicted molar refractivity (Wildman–Crippen MR) is 61.3 cm³/mol. The maximum Gasteiger partial charge on any atom is 0.411 e. The van der Waals surface area contributed by atoms with Crippen LogP contribution in [-0.2, 0) is 16.0 Å². The van der Waals surface area contributed by atoms with E-state index in [4.69, 9.17) is 0 Å². The Bertz CT molecular complexity index is 360. The molecule has 1 aromatic rings. The highest BCUT2D eigenvalue weighted by molar-refractivity contribution is 5.79. The monoisotopic (exact) mass is 260 g/mol. The summed E-state index contributed by atoms with van der Waals surface area (Å²) in [5.41, 5.74) is 1.11. The average Bonchev–Trinajstić information content (AvgIpc) is 2.28. The number of carbonyl (C=O) groups excluding carboxylic acids is 1. The first-order valence-corrected chi connectivity index (χ1v) is 5.67. The fraction of sp³-hybridized carbons (Fsp3) is 0.462. The predicted octanol–water partition coefficient (Wildman–Crippen LogP) is 3.16. The van der Waals surface area contributed by atoms with E-state index in [1.54, 1.807) is 0 Å². The van der Waals surface area contributed by atoms with Crippen molar-refractivity contribution in [1.82, 2.24) is 0 Å². The molecule has 18 heavy (non-hydrogen) atoms. The molecule has 0 amide bonds. The molecule has 0 heterocycles. The molecule has 0 aromatic heterocycles. The minimum absolute atomic E-state index is 0.243. The van der Waals surface area contributed by atoms with Gasteiger partial charge in [-0.1, -0.05) is 30.3 Å². The standard InChI is InChI=1S/C13H15F3O2/c14-13(15,16)10-18-9-12(17)8-4-7-11-5-2-1-3-6-11/h1-3,5-6H,4,7-10H2. The molecule has 0 aliphatic carbocycles. The molecular weight excluding hydrogens is 245 g/mol. The van der Waals surface area contributed by atoms with Gasteiger partial charge >= 0.3 is 6.18 Å². The van der Waals surface area contributed by atoms with E-state index in [2.05, 4.69) is 4.74 Å². The molecule has 0 unspecified atom stereocenters. The van der Waals surface area contributed by atoms with Gasteiger partial charge in [0.15, 0.2) is 5.78 Å². The maximum absolute atomic E-state index is 11.7. The SMILES string of the molecule is O=C(CCCc1ccccc1)COCC(F)(F)F. The van der Waals surface area contributed by atoms with Crippen molar-refractivity contribution in [2.45, 2.75) is 25.4 Å². The van der Waals surface area contributed by atoms with Gasteiger partial charge in [0, 0.05) is 6.42 Å². The van der Waals surface area contributed by atoms with Crippen LogP contribution in [0.15, 0.2) is 30.3 Å². The van der Waals surface area contributed by atoms with Crippen molar-refractivity contribution in [2.75, 3.05) is 13.2 Å². The van der Waals surface area contributed by atoms with E-state index in [0.29, 0.717) is 6.42 Å². The molecule has 0 aliphatic heterocycles. The number of halogens is 3. The Morgan fingerprint density at radius 1 is 1.17 bits per heavy atom. The van der Waals surface area contributed by atoms with Crippen LogP contribution in [0.5, 0.6) is 0 Å². The summed E-state index contributed by atoms with van der Waals surface area (Å²) >= 11 is 0. The summed E-state index contributed by atoms with van der Waals surface area (Å²) in [4.78, 5) is 11.2. The minimum Gasteiger partial charge on any atom is -0.364 e. The molecule has 0 atom stereocenters. The highest BCUT2D eigenvalue weighted by atomic mass is 19.4.